The summed E-state index contributed by atoms with van der Waals surface area (Å²) in [6, 6.07) is 10.9. The van der Waals surface area contributed by atoms with Crippen molar-refractivity contribution in [2.24, 2.45) is 0 Å². The third-order valence-corrected chi connectivity index (χ3v) is 3.75. The molecule has 2 heterocycles. The summed E-state index contributed by atoms with van der Waals surface area (Å²) in [6.07, 6.45) is 1.72. The lowest BCUT2D eigenvalue weighted by Gasteiger charge is -2.08. The Hall–Kier alpha value is -2.34. The fourth-order valence-corrected chi connectivity index (χ4v) is 2.57. The van der Waals surface area contributed by atoms with Crippen LogP contribution in [-0.2, 0) is 6.54 Å². The highest BCUT2D eigenvalue weighted by Crippen LogP contribution is 2.27. The minimum absolute atomic E-state index is 0.0691. The number of rotatable bonds is 4. The molecule has 0 aliphatic heterocycles. The zero-order valence-corrected chi connectivity index (χ0v) is 12.4. The summed E-state index contributed by atoms with van der Waals surface area (Å²) >= 11 is 3.51. The van der Waals surface area contributed by atoms with E-state index < -0.39 is 5.97 Å². The minimum Gasteiger partial charge on any atom is -0.475 e. The van der Waals surface area contributed by atoms with E-state index in [9.17, 15) is 4.79 Å². The molecule has 2 N–H and O–H groups in total. The Kier molecular flexibility index (Phi) is 3.62. The normalized spacial score (nSPS) is 10.7. The Balaban J connectivity index is 1.85. The molecule has 0 amide bonds. The quantitative estimate of drug-likeness (QED) is 0.749. The van der Waals surface area contributed by atoms with Gasteiger partial charge in [-0.3, -0.25) is 0 Å². The first-order valence-corrected chi connectivity index (χ1v) is 7.03. The molecule has 2 aromatic heterocycles. The number of fused-ring (bicyclic) bond motifs is 1. The van der Waals surface area contributed by atoms with Gasteiger partial charge in [0.15, 0.2) is 0 Å². The van der Waals surface area contributed by atoms with Gasteiger partial charge in [-0.15, -0.1) is 0 Å². The van der Waals surface area contributed by atoms with E-state index in [0.29, 0.717) is 12.3 Å². The van der Waals surface area contributed by atoms with Crippen LogP contribution in [0.1, 0.15) is 16.3 Å². The van der Waals surface area contributed by atoms with Crippen LogP contribution in [0, 0.1) is 0 Å². The van der Waals surface area contributed by atoms with Crippen molar-refractivity contribution >= 4 is 38.5 Å². The molecule has 0 bridgehead atoms. The van der Waals surface area contributed by atoms with E-state index in [1.54, 1.807) is 12.3 Å². The molecule has 0 aliphatic rings. The fourth-order valence-electron chi connectivity index (χ4n) is 2.07. The molecule has 0 spiro atoms. The zero-order valence-electron chi connectivity index (χ0n) is 10.8. The van der Waals surface area contributed by atoms with Crippen molar-refractivity contribution in [3.8, 4) is 0 Å². The molecule has 0 saturated heterocycles. The van der Waals surface area contributed by atoms with E-state index in [-0.39, 0.29) is 5.76 Å². The number of nitrogens with one attached hydrogen (secondary N) is 1. The van der Waals surface area contributed by atoms with Gasteiger partial charge in [-0.05, 0) is 24.3 Å². The van der Waals surface area contributed by atoms with Gasteiger partial charge in [0.25, 0.3) is 0 Å². The summed E-state index contributed by atoms with van der Waals surface area (Å²) in [5, 5.41) is 14.0. The summed E-state index contributed by atoms with van der Waals surface area (Å²) in [4.78, 5) is 15.1. The lowest BCUT2D eigenvalue weighted by atomic mass is 10.1. The number of carbonyl (C=O) groups is 1. The number of halogens is 1. The van der Waals surface area contributed by atoms with E-state index >= 15 is 0 Å². The summed E-state index contributed by atoms with van der Waals surface area (Å²) in [5.74, 6) is 0.122. The van der Waals surface area contributed by atoms with Crippen molar-refractivity contribution in [3.05, 3.63) is 58.6 Å². The van der Waals surface area contributed by atoms with Crippen LogP contribution in [0.2, 0.25) is 0 Å². The maximum atomic E-state index is 10.8. The standard InChI is InChI=1S/C15H11BrN2O3/c16-12-3-1-2-11-10(12)6-7-17-14(11)18-8-9-4-5-13(21-9)15(19)20/h1-7H,8H2,(H,17,18)(H,19,20). The lowest BCUT2D eigenvalue weighted by molar-refractivity contribution is 0.0660. The molecule has 106 valence electrons. The van der Waals surface area contributed by atoms with Crippen molar-refractivity contribution < 1.29 is 14.3 Å². The van der Waals surface area contributed by atoms with Crippen LogP contribution in [0.3, 0.4) is 0 Å². The van der Waals surface area contributed by atoms with Gasteiger partial charge < -0.3 is 14.8 Å². The molecule has 0 unspecified atom stereocenters. The lowest BCUT2D eigenvalue weighted by Crippen LogP contribution is -2.01. The fraction of sp³-hybridized carbons (Fsp3) is 0.0667. The molecule has 3 rings (SSSR count). The van der Waals surface area contributed by atoms with Gasteiger partial charge in [0.05, 0.1) is 6.54 Å². The van der Waals surface area contributed by atoms with E-state index in [2.05, 4.69) is 26.2 Å². The number of carboxylic acids is 1. The Morgan fingerprint density at radius 3 is 2.86 bits per heavy atom. The van der Waals surface area contributed by atoms with Crippen molar-refractivity contribution in [2.75, 3.05) is 5.32 Å². The van der Waals surface area contributed by atoms with Crippen LogP contribution < -0.4 is 5.32 Å². The van der Waals surface area contributed by atoms with E-state index in [4.69, 9.17) is 9.52 Å². The number of nitrogens with zero attached hydrogens (tertiary/aromatic N) is 1. The van der Waals surface area contributed by atoms with E-state index in [1.807, 2.05) is 24.3 Å². The Labute approximate surface area is 128 Å². The molecule has 0 aliphatic carbocycles. The Morgan fingerprint density at radius 1 is 1.24 bits per heavy atom. The number of benzene rings is 1. The Morgan fingerprint density at radius 2 is 2.10 bits per heavy atom. The van der Waals surface area contributed by atoms with Gasteiger partial charge in [-0.1, -0.05) is 28.1 Å². The first kappa shape index (κ1) is 13.6. The molecule has 6 heteroatoms. The highest BCUT2D eigenvalue weighted by atomic mass is 79.9. The van der Waals surface area contributed by atoms with Gasteiger partial charge in [0.2, 0.25) is 5.76 Å². The van der Waals surface area contributed by atoms with Gasteiger partial charge in [-0.25, -0.2) is 9.78 Å². The second-order valence-corrected chi connectivity index (χ2v) is 5.27. The number of furan rings is 1. The Bertz CT molecular complexity index is 814. The highest BCUT2D eigenvalue weighted by Gasteiger charge is 2.09. The number of aromatic nitrogens is 1. The van der Waals surface area contributed by atoms with Crippen molar-refractivity contribution in [3.63, 3.8) is 0 Å². The second kappa shape index (κ2) is 5.57. The van der Waals surface area contributed by atoms with Crippen LogP contribution >= 0.6 is 15.9 Å². The third kappa shape index (κ3) is 2.75. The average Bonchev–Trinajstić information content (AvgIpc) is 2.95. The summed E-state index contributed by atoms with van der Waals surface area (Å²) in [7, 11) is 0. The largest absolute Gasteiger partial charge is 0.475 e. The molecular formula is C15H11BrN2O3. The van der Waals surface area contributed by atoms with Gasteiger partial charge in [-0.2, -0.15) is 0 Å². The molecule has 1 aromatic carbocycles. The number of aromatic carboxylic acids is 1. The van der Waals surface area contributed by atoms with Gasteiger partial charge >= 0.3 is 5.97 Å². The number of hydrogen-bond donors (Lipinski definition) is 2. The molecule has 21 heavy (non-hydrogen) atoms. The predicted molar refractivity (Wildman–Crippen MR) is 82.4 cm³/mol. The average molecular weight is 347 g/mol. The zero-order chi connectivity index (χ0) is 14.8. The summed E-state index contributed by atoms with van der Waals surface area (Å²) in [6.45, 7) is 0.367. The molecule has 3 aromatic rings. The predicted octanol–water partition coefficient (Wildman–Crippen LogP) is 3.90. The number of hydrogen-bond acceptors (Lipinski definition) is 4. The van der Waals surface area contributed by atoms with Crippen molar-refractivity contribution in [2.45, 2.75) is 6.54 Å². The first-order valence-electron chi connectivity index (χ1n) is 6.24. The van der Waals surface area contributed by atoms with Crippen LogP contribution in [0.15, 0.2) is 51.5 Å². The third-order valence-electron chi connectivity index (χ3n) is 3.06. The monoisotopic (exact) mass is 346 g/mol. The van der Waals surface area contributed by atoms with Crippen LogP contribution in [0.25, 0.3) is 10.8 Å². The molecule has 0 saturated carbocycles. The molecule has 0 radical (unpaired) electrons. The molecular weight excluding hydrogens is 336 g/mol. The van der Waals surface area contributed by atoms with E-state index in [0.717, 1.165) is 21.1 Å². The summed E-state index contributed by atoms with van der Waals surface area (Å²) in [5.41, 5.74) is 0. The highest BCUT2D eigenvalue weighted by molar-refractivity contribution is 9.10. The molecule has 0 fully saturated rings. The summed E-state index contributed by atoms with van der Waals surface area (Å²) < 4.78 is 6.20. The van der Waals surface area contributed by atoms with E-state index in [1.165, 1.54) is 6.07 Å². The van der Waals surface area contributed by atoms with Crippen LogP contribution in [0.4, 0.5) is 5.82 Å². The first-order chi connectivity index (χ1) is 10.1. The topological polar surface area (TPSA) is 75.4 Å². The van der Waals surface area contributed by atoms with Crippen LogP contribution in [0.5, 0.6) is 0 Å². The van der Waals surface area contributed by atoms with Gasteiger partial charge in [0, 0.05) is 21.4 Å². The molecule has 5 nitrogen and oxygen atoms in total. The van der Waals surface area contributed by atoms with Crippen LogP contribution in [-0.4, -0.2) is 16.1 Å². The minimum atomic E-state index is -1.08. The molecule has 0 atom stereocenters. The van der Waals surface area contributed by atoms with Crippen molar-refractivity contribution in [1.29, 1.82) is 0 Å². The maximum absolute atomic E-state index is 10.8. The SMILES string of the molecule is O=C(O)c1ccc(CNc2nccc3c(Br)cccc23)o1. The number of carboxylic acid groups (broad SMARTS) is 1. The maximum Gasteiger partial charge on any atom is 0.371 e. The van der Waals surface area contributed by atoms with Crippen molar-refractivity contribution in [1.82, 2.24) is 4.98 Å². The second-order valence-electron chi connectivity index (χ2n) is 4.42. The number of anilines is 1. The number of pyridine rings is 1. The smallest absolute Gasteiger partial charge is 0.371 e. The van der Waals surface area contributed by atoms with Gasteiger partial charge in [0.1, 0.15) is 11.6 Å².